The highest BCUT2D eigenvalue weighted by atomic mass is 16.6. The Morgan fingerprint density at radius 2 is 1.40 bits per heavy atom. The Morgan fingerprint density at radius 1 is 0.792 bits per heavy atom. The van der Waals surface area contributed by atoms with Gasteiger partial charge in [0.1, 0.15) is 23.7 Å². The van der Waals surface area contributed by atoms with Gasteiger partial charge in [0.2, 0.25) is 29.5 Å². The fraction of sp³-hybridized carbons (Fsp3) is 0.647. The molecule has 0 heterocycles. The third-order valence-electron chi connectivity index (χ3n) is 7.28. The van der Waals surface area contributed by atoms with Crippen molar-refractivity contribution < 1.29 is 38.6 Å². The number of carbonyl (C=O) groups is 6. The normalized spacial score (nSPS) is 15.2. The molecule has 0 saturated carbocycles. The highest BCUT2D eigenvalue weighted by molar-refractivity contribution is 5.94. The summed E-state index contributed by atoms with van der Waals surface area (Å²) in [5, 5.41) is 24.3. The topological polar surface area (TPSA) is 218 Å². The van der Waals surface area contributed by atoms with Gasteiger partial charge in [0.25, 0.3) is 0 Å². The molecule has 48 heavy (non-hydrogen) atoms. The van der Waals surface area contributed by atoms with Crippen LogP contribution in [0.15, 0.2) is 30.3 Å². The van der Waals surface area contributed by atoms with Gasteiger partial charge in [-0.05, 0) is 57.9 Å². The van der Waals surface area contributed by atoms with Crippen LogP contribution < -0.4 is 32.3 Å². The van der Waals surface area contributed by atoms with Gasteiger partial charge in [0, 0.05) is 12.5 Å². The summed E-state index contributed by atoms with van der Waals surface area (Å²) < 4.78 is 5.25. The number of nitrogens with one attached hydrogen (secondary N) is 5. The van der Waals surface area contributed by atoms with E-state index < -0.39 is 83.9 Å². The van der Waals surface area contributed by atoms with Crippen molar-refractivity contribution in [1.29, 1.82) is 0 Å². The van der Waals surface area contributed by atoms with Crippen molar-refractivity contribution in [3.63, 3.8) is 0 Å². The van der Waals surface area contributed by atoms with E-state index in [0.29, 0.717) is 13.0 Å². The first-order valence-electron chi connectivity index (χ1n) is 16.4. The first-order valence-corrected chi connectivity index (χ1v) is 16.4. The van der Waals surface area contributed by atoms with Crippen molar-refractivity contribution in [2.75, 3.05) is 0 Å². The number of nitrogens with two attached hydrogens (primary N) is 1. The smallest absolute Gasteiger partial charge is 0.408 e. The fourth-order valence-electron chi connectivity index (χ4n) is 4.74. The van der Waals surface area contributed by atoms with Gasteiger partial charge in [-0.3, -0.25) is 24.0 Å². The number of hydrogen-bond donors (Lipinski definition) is 7. The predicted molar refractivity (Wildman–Crippen MR) is 181 cm³/mol. The Kier molecular flexibility index (Phi) is 17.1. The molecular weight excluding hydrogens is 620 g/mol. The van der Waals surface area contributed by atoms with E-state index in [-0.39, 0.29) is 18.2 Å². The first kappa shape index (κ1) is 41.8. The number of hydrogen-bond acceptors (Lipinski definition) is 8. The highest BCUT2D eigenvalue weighted by Crippen LogP contribution is 2.17. The van der Waals surface area contributed by atoms with Crippen molar-refractivity contribution in [2.24, 2.45) is 23.5 Å². The molecule has 14 nitrogen and oxygen atoms in total. The van der Waals surface area contributed by atoms with Crippen LogP contribution in [-0.2, 0) is 35.3 Å². The Morgan fingerprint density at radius 3 is 1.92 bits per heavy atom. The lowest BCUT2D eigenvalue weighted by atomic mass is 9.92. The van der Waals surface area contributed by atoms with E-state index in [2.05, 4.69) is 26.6 Å². The summed E-state index contributed by atoms with van der Waals surface area (Å²) >= 11 is 0. The number of ether oxygens (including phenoxy) is 1. The lowest BCUT2D eigenvalue weighted by Crippen LogP contribution is -2.58. The summed E-state index contributed by atoms with van der Waals surface area (Å²) in [5.41, 5.74) is 5.49. The maximum absolute atomic E-state index is 13.4. The Labute approximate surface area is 284 Å². The molecule has 1 aromatic rings. The molecule has 6 atom stereocenters. The van der Waals surface area contributed by atoms with Crippen LogP contribution in [0, 0.1) is 17.8 Å². The third kappa shape index (κ3) is 16.1. The van der Waals surface area contributed by atoms with E-state index in [4.69, 9.17) is 10.5 Å². The van der Waals surface area contributed by atoms with Gasteiger partial charge in [-0.25, -0.2) is 4.79 Å². The van der Waals surface area contributed by atoms with Crippen LogP contribution in [-0.4, -0.2) is 76.6 Å². The molecule has 270 valence electrons. The standard InChI is InChI=1S/C34H56N6O8/c1-19(2)15-24(26(41)16-21(5)29(43)37-22(6)30(44)36-18-23-13-11-10-12-14-23)38-31(45)25(17-27(35)42)39-32(46)28(20(3)4)40-33(47)48-34(7,8)9/h10-14,19-22,24-26,28,41H,15-18H2,1-9H3,(H2,35,42)(H,36,44)(H,37,43)(H,38,45)(H,39,46)(H,40,47)/t21-,22+,24+,25+,26+,28+/m1/s1. The number of alkyl carbamates (subject to hydrolysis) is 1. The van der Waals surface area contributed by atoms with Gasteiger partial charge in [-0.1, -0.05) is 65.0 Å². The molecule has 8 N–H and O–H groups in total. The lowest BCUT2D eigenvalue weighted by molar-refractivity contribution is -0.133. The summed E-state index contributed by atoms with van der Waals surface area (Å²) in [6, 6.07) is 5.14. The molecule has 0 saturated heterocycles. The zero-order chi connectivity index (χ0) is 36.8. The molecule has 0 aromatic heterocycles. The minimum Gasteiger partial charge on any atom is -0.444 e. The molecule has 1 aromatic carbocycles. The maximum atomic E-state index is 13.4. The molecule has 14 heteroatoms. The lowest BCUT2D eigenvalue weighted by Gasteiger charge is -2.30. The SMILES string of the molecule is CC(C)C[C@H](NC(=O)[C@H](CC(N)=O)NC(=O)[C@@H](NC(=O)OC(C)(C)C)C(C)C)[C@@H](O)C[C@@H](C)C(=O)N[C@@H](C)C(=O)NCc1ccccc1. The van der Waals surface area contributed by atoms with Gasteiger partial charge < -0.3 is 42.2 Å². The molecule has 0 radical (unpaired) electrons. The van der Waals surface area contributed by atoms with Crippen LogP contribution in [0.3, 0.4) is 0 Å². The number of aliphatic hydroxyl groups is 1. The molecular formula is C34H56N6O8. The van der Waals surface area contributed by atoms with Crippen LogP contribution in [0.25, 0.3) is 0 Å². The molecule has 0 fully saturated rings. The maximum Gasteiger partial charge on any atom is 0.408 e. The summed E-state index contributed by atoms with van der Waals surface area (Å²) in [6.45, 7) is 15.6. The summed E-state index contributed by atoms with van der Waals surface area (Å²) in [5.74, 6) is -4.31. The fourth-order valence-corrected chi connectivity index (χ4v) is 4.74. The Bertz CT molecular complexity index is 1230. The minimum absolute atomic E-state index is 0.00921. The number of primary amides is 1. The number of rotatable bonds is 18. The quantitative estimate of drug-likeness (QED) is 0.121. The largest absolute Gasteiger partial charge is 0.444 e. The zero-order valence-corrected chi connectivity index (χ0v) is 29.7. The zero-order valence-electron chi connectivity index (χ0n) is 29.7. The second-order valence-corrected chi connectivity index (χ2v) is 14.0. The second kappa shape index (κ2) is 19.6. The van der Waals surface area contributed by atoms with Gasteiger partial charge in [0.15, 0.2) is 0 Å². The molecule has 0 aliphatic carbocycles. The first-order chi connectivity index (χ1) is 22.2. The molecule has 0 aliphatic rings. The van der Waals surface area contributed by atoms with E-state index in [1.54, 1.807) is 48.5 Å². The third-order valence-corrected chi connectivity index (χ3v) is 7.28. The van der Waals surface area contributed by atoms with E-state index in [9.17, 15) is 33.9 Å². The van der Waals surface area contributed by atoms with Gasteiger partial charge in [-0.2, -0.15) is 0 Å². The van der Waals surface area contributed by atoms with Crippen molar-refractivity contribution >= 4 is 35.6 Å². The van der Waals surface area contributed by atoms with E-state index in [1.165, 1.54) is 0 Å². The minimum atomic E-state index is -1.41. The predicted octanol–water partition coefficient (Wildman–Crippen LogP) is 1.64. The summed E-state index contributed by atoms with van der Waals surface area (Å²) in [4.78, 5) is 76.4. The second-order valence-electron chi connectivity index (χ2n) is 14.0. The van der Waals surface area contributed by atoms with Crippen LogP contribution in [0.4, 0.5) is 4.79 Å². The van der Waals surface area contributed by atoms with Gasteiger partial charge >= 0.3 is 6.09 Å². The molecule has 0 bridgehead atoms. The van der Waals surface area contributed by atoms with Crippen molar-refractivity contribution in [2.45, 2.75) is 124 Å². The average Bonchev–Trinajstić information content (AvgIpc) is 2.96. The average molecular weight is 677 g/mol. The highest BCUT2D eigenvalue weighted by Gasteiger charge is 2.34. The number of amides is 6. The van der Waals surface area contributed by atoms with Gasteiger partial charge in [0.05, 0.1) is 18.6 Å². The Hall–Kier alpha value is -4.20. The Balaban J connectivity index is 2.94. The van der Waals surface area contributed by atoms with Crippen molar-refractivity contribution in [1.82, 2.24) is 26.6 Å². The number of aliphatic hydroxyl groups excluding tert-OH is 1. The van der Waals surface area contributed by atoms with Crippen LogP contribution in [0.5, 0.6) is 0 Å². The van der Waals surface area contributed by atoms with Crippen LogP contribution in [0.1, 0.15) is 87.1 Å². The molecule has 1 rings (SSSR count). The van der Waals surface area contributed by atoms with Crippen LogP contribution in [0.2, 0.25) is 0 Å². The summed E-state index contributed by atoms with van der Waals surface area (Å²) in [7, 11) is 0. The molecule has 6 amide bonds. The van der Waals surface area contributed by atoms with E-state index >= 15 is 0 Å². The number of benzene rings is 1. The van der Waals surface area contributed by atoms with Crippen LogP contribution >= 0.6 is 0 Å². The molecule has 0 unspecified atom stereocenters. The molecule has 0 spiro atoms. The van der Waals surface area contributed by atoms with Gasteiger partial charge in [-0.15, -0.1) is 0 Å². The number of carbonyl (C=O) groups excluding carboxylic acids is 6. The molecule has 0 aliphatic heterocycles. The van der Waals surface area contributed by atoms with E-state index in [0.717, 1.165) is 5.56 Å². The van der Waals surface area contributed by atoms with Crippen molar-refractivity contribution in [3.05, 3.63) is 35.9 Å². The summed E-state index contributed by atoms with van der Waals surface area (Å²) in [6.07, 6.45) is -2.30. The van der Waals surface area contributed by atoms with E-state index in [1.807, 2.05) is 44.2 Å². The monoisotopic (exact) mass is 676 g/mol. The van der Waals surface area contributed by atoms with Crippen molar-refractivity contribution in [3.8, 4) is 0 Å².